The van der Waals surface area contributed by atoms with Crippen LogP contribution in [-0.2, 0) is 16.2 Å². The molecular formula is C18H18F4N2O3S. The van der Waals surface area contributed by atoms with Gasteiger partial charge in [-0.1, -0.05) is 0 Å². The van der Waals surface area contributed by atoms with Gasteiger partial charge >= 0.3 is 6.18 Å². The van der Waals surface area contributed by atoms with Gasteiger partial charge in [-0.15, -0.1) is 0 Å². The van der Waals surface area contributed by atoms with Crippen molar-refractivity contribution >= 4 is 15.7 Å². The third kappa shape index (κ3) is 4.74. The number of benzene rings is 2. The molecule has 0 radical (unpaired) electrons. The largest absolute Gasteiger partial charge is 0.490 e. The van der Waals surface area contributed by atoms with E-state index in [1.165, 1.54) is 30.3 Å². The van der Waals surface area contributed by atoms with Gasteiger partial charge in [-0.3, -0.25) is 0 Å². The molecule has 0 bridgehead atoms. The van der Waals surface area contributed by atoms with Crippen molar-refractivity contribution in [2.24, 2.45) is 5.14 Å². The molecule has 0 aliphatic carbocycles. The Morgan fingerprint density at radius 2 is 1.64 bits per heavy atom. The minimum absolute atomic E-state index is 0.146. The van der Waals surface area contributed by atoms with Crippen LogP contribution in [0.15, 0.2) is 47.4 Å². The van der Waals surface area contributed by atoms with Crippen molar-refractivity contribution in [2.45, 2.75) is 30.0 Å². The predicted molar refractivity (Wildman–Crippen MR) is 95.1 cm³/mol. The summed E-state index contributed by atoms with van der Waals surface area (Å²) in [5, 5.41) is 4.90. The van der Waals surface area contributed by atoms with Gasteiger partial charge in [0.25, 0.3) is 0 Å². The van der Waals surface area contributed by atoms with Crippen LogP contribution in [-0.4, -0.2) is 27.6 Å². The van der Waals surface area contributed by atoms with Crippen LogP contribution in [0.3, 0.4) is 0 Å². The van der Waals surface area contributed by atoms with Crippen LogP contribution in [0, 0.1) is 5.82 Å². The molecule has 2 aromatic carbocycles. The van der Waals surface area contributed by atoms with Crippen LogP contribution in [0.5, 0.6) is 5.75 Å². The van der Waals surface area contributed by atoms with Crippen LogP contribution < -0.4 is 14.8 Å². The Morgan fingerprint density at radius 1 is 1.04 bits per heavy atom. The van der Waals surface area contributed by atoms with Crippen LogP contribution in [0.25, 0.3) is 0 Å². The highest BCUT2D eigenvalue weighted by molar-refractivity contribution is 7.89. The molecule has 0 aromatic heterocycles. The monoisotopic (exact) mass is 418 g/mol. The summed E-state index contributed by atoms with van der Waals surface area (Å²) in [7, 11) is -4.50. The highest BCUT2D eigenvalue weighted by Gasteiger charge is 2.37. The Balaban J connectivity index is 1.72. The molecule has 2 N–H and O–H groups in total. The van der Waals surface area contributed by atoms with Crippen LogP contribution in [0.4, 0.5) is 23.2 Å². The van der Waals surface area contributed by atoms with Gasteiger partial charge in [0.05, 0.1) is 10.5 Å². The molecule has 0 atom stereocenters. The van der Waals surface area contributed by atoms with Gasteiger partial charge in [0, 0.05) is 31.6 Å². The number of rotatable bonds is 4. The van der Waals surface area contributed by atoms with Gasteiger partial charge in [0.2, 0.25) is 10.0 Å². The number of hydrogen-bond acceptors (Lipinski definition) is 4. The normalized spacial score (nSPS) is 16.2. The fourth-order valence-electron chi connectivity index (χ4n) is 3.12. The van der Waals surface area contributed by atoms with Gasteiger partial charge in [-0.05, 0) is 42.5 Å². The van der Waals surface area contributed by atoms with Gasteiger partial charge in [0.1, 0.15) is 17.7 Å². The van der Waals surface area contributed by atoms with Crippen LogP contribution >= 0.6 is 0 Å². The van der Waals surface area contributed by atoms with E-state index >= 15 is 0 Å². The molecule has 10 heteroatoms. The number of nitrogens with two attached hydrogens (primary N) is 1. The number of alkyl halides is 3. The first-order valence-corrected chi connectivity index (χ1v) is 10.00. The van der Waals surface area contributed by atoms with E-state index in [4.69, 9.17) is 9.88 Å². The highest BCUT2D eigenvalue weighted by Crippen LogP contribution is 2.37. The Hall–Kier alpha value is -2.33. The van der Waals surface area contributed by atoms with Crippen molar-refractivity contribution in [2.75, 3.05) is 18.0 Å². The average molecular weight is 418 g/mol. The molecule has 1 fully saturated rings. The third-order valence-corrected chi connectivity index (χ3v) is 5.47. The summed E-state index contributed by atoms with van der Waals surface area (Å²) in [5.41, 5.74) is -1.02. The van der Waals surface area contributed by atoms with Crippen molar-refractivity contribution in [1.82, 2.24) is 0 Å². The van der Waals surface area contributed by atoms with Crippen molar-refractivity contribution in [3.05, 3.63) is 53.8 Å². The summed E-state index contributed by atoms with van der Waals surface area (Å²) >= 11 is 0. The number of halogens is 4. The van der Waals surface area contributed by atoms with E-state index in [0.717, 1.165) is 12.1 Å². The lowest BCUT2D eigenvalue weighted by molar-refractivity contribution is -0.139. The SMILES string of the molecule is NS(=O)(=O)c1ccc(N2CCC(Oc3ccc(F)cc3)CC2)cc1C(F)(F)F. The van der Waals surface area contributed by atoms with Gasteiger partial charge < -0.3 is 9.64 Å². The maximum atomic E-state index is 13.3. The van der Waals surface area contributed by atoms with E-state index in [0.29, 0.717) is 31.7 Å². The topological polar surface area (TPSA) is 72.6 Å². The van der Waals surface area contributed by atoms with E-state index in [1.54, 1.807) is 4.90 Å². The van der Waals surface area contributed by atoms with E-state index in [9.17, 15) is 26.0 Å². The summed E-state index contributed by atoms with van der Waals surface area (Å²) in [6.07, 6.45) is -3.89. The van der Waals surface area contributed by atoms with Gasteiger partial charge in [0.15, 0.2) is 0 Å². The maximum Gasteiger partial charge on any atom is 0.417 e. The lowest BCUT2D eigenvalue weighted by Gasteiger charge is -2.34. The second-order valence-electron chi connectivity index (χ2n) is 6.48. The summed E-state index contributed by atoms with van der Waals surface area (Å²) in [6.45, 7) is 0.857. The summed E-state index contributed by atoms with van der Waals surface area (Å²) in [6, 6.07) is 8.62. The summed E-state index contributed by atoms with van der Waals surface area (Å²) in [4.78, 5) is 0.783. The molecule has 0 saturated carbocycles. The molecule has 1 heterocycles. The lowest BCUT2D eigenvalue weighted by atomic mass is 10.1. The Morgan fingerprint density at radius 3 is 2.18 bits per heavy atom. The molecule has 28 heavy (non-hydrogen) atoms. The Kier molecular flexibility index (Phi) is 5.53. The summed E-state index contributed by atoms with van der Waals surface area (Å²) < 4.78 is 81.4. The van der Waals surface area contributed by atoms with Crippen molar-refractivity contribution in [3.8, 4) is 5.75 Å². The third-order valence-electron chi connectivity index (χ3n) is 4.50. The van der Waals surface area contributed by atoms with Crippen molar-refractivity contribution in [1.29, 1.82) is 0 Å². The first-order valence-electron chi connectivity index (χ1n) is 8.45. The second kappa shape index (κ2) is 7.59. The molecule has 1 saturated heterocycles. The molecule has 1 aliphatic heterocycles. The highest BCUT2D eigenvalue weighted by atomic mass is 32.2. The number of hydrogen-bond donors (Lipinski definition) is 1. The minimum atomic E-state index is -4.85. The maximum absolute atomic E-state index is 13.3. The van der Waals surface area contributed by atoms with Gasteiger partial charge in [-0.2, -0.15) is 13.2 Å². The second-order valence-corrected chi connectivity index (χ2v) is 8.01. The molecule has 5 nitrogen and oxygen atoms in total. The molecule has 0 unspecified atom stereocenters. The predicted octanol–water partition coefficient (Wildman–Crippen LogP) is 3.54. The number of anilines is 1. The molecule has 1 aliphatic rings. The first kappa shape index (κ1) is 20.4. The number of ether oxygens (including phenoxy) is 1. The van der Waals surface area contributed by atoms with E-state index in [2.05, 4.69) is 0 Å². The number of piperidine rings is 1. The average Bonchev–Trinajstić information content (AvgIpc) is 2.62. The molecule has 0 amide bonds. The Bertz CT molecular complexity index is 938. The number of primary sulfonamides is 1. The smallest absolute Gasteiger partial charge is 0.417 e. The lowest BCUT2D eigenvalue weighted by Crippen LogP contribution is -2.38. The number of sulfonamides is 1. The van der Waals surface area contributed by atoms with Crippen LogP contribution in [0.2, 0.25) is 0 Å². The zero-order chi connectivity index (χ0) is 20.5. The molecule has 2 aromatic rings. The van der Waals surface area contributed by atoms with Crippen molar-refractivity contribution in [3.63, 3.8) is 0 Å². The van der Waals surface area contributed by atoms with E-state index in [-0.39, 0.29) is 17.6 Å². The quantitative estimate of drug-likeness (QED) is 0.771. The van der Waals surface area contributed by atoms with Crippen LogP contribution in [0.1, 0.15) is 18.4 Å². The fraction of sp³-hybridized carbons (Fsp3) is 0.333. The van der Waals surface area contributed by atoms with Gasteiger partial charge in [-0.25, -0.2) is 17.9 Å². The molecule has 3 rings (SSSR count). The Labute approximate surface area is 159 Å². The summed E-state index contributed by atoms with van der Waals surface area (Å²) in [5.74, 6) is 0.155. The molecular weight excluding hydrogens is 400 g/mol. The minimum Gasteiger partial charge on any atom is -0.490 e. The zero-order valence-electron chi connectivity index (χ0n) is 14.6. The molecule has 152 valence electrons. The zero-order valence-corrected chi connectivity index (χ0v) is 15.4. The van der Waals surface area contributed by atoms with E-state index in [1.807, 2.05) is 0 Å². The van der Waals surface area contributed by atoms with E-state index < -0.39 is 26.7 Å². The molecule has 0 spiro atoms. The standard InChI is InChI=1S/C18H18F4N2O3S/c19-12-1-4-14(5-2-12)27-15-7-9-24(10-8-15)13-3-6-17(28(23,25)26)16(11-13)18(20,21)22/h1-6,11,15H,7-10H2,(H2,23,25,26). The van der Waals surface area contributed by atoms with Crippen molar-refractivity contribution < 1.29 is 30.7 Å². The fourth-order valence-corrected chi connectivity index (χ4v) is 3.86. The number of nitrogens with zero attached hydrogens (tertiary/aromatic N) is 1. The first-order chi connectivity index (χ1) is 13.0.